The van der Waals surface area contributed by atoms with Crippen LogP contribution in [0.5, 0.6) is 5.75 Å². The molecule has 1 fully saturated rings. The third-order valence-electron chi connectivity index (χ3n) is 3.54. The standard InChI is InChI=1S/C14H20N2O3/c1-3-10-19-12-7-4-6-11(13(12)16(17)18)15-14(2)8-5-9-14/h4,6-7,15H,3,5,8-10H2,1-2H3. The van der Waals surface area contributed by atoms with Gasteiger partial charge in [0.1, 0.15) is 5.69 Å². The van der Waals surface area contributed by atoms with Gasteiger partial charge in [0.15, 0.2) is 5.75 Å². The quantitative estimate of drug-likeness (QED) is 0.628. The zero-order chi connectivity index (χ0) is 13.9. The number of nitrogens with one attached hydrogen (secondary N) is 1. The second-order valence-corrected chi connectivity index (χ2v) is 5.30. The first-order valence-electron chi connectivity index (χ1n) is 6.74. The normalized spacial score (nSPS) is 16.5. The second-order valence-electron chi connectivity index (χ2n) is 5.30. The Morgan fingerprint density at radius 2 is 2.21 bits per heavy atom. The molecule has 0 spiro atoms. The van der Waals surface area contributed by atoms with E-state index in [1.54, 1.807) is 18.2 Å². The van der Waals surface area contributed by atoms with Crippen LogP contribution >= 0.6 is 0 Å². The fourth-order valence-electron chi connectivity index (χ4n) is 2.30. The molecule has 0 aromatic heterocycles. The van der Waals surface area contributed by atoms with Gasteiger partial charge in [0.05, 0.1) is 11.5 Å². The van der Waals surface area contributed by atoms with Gasteiger partial charge in [-0.1, -0.05) is 13.0 Å². The molecule has 1 aliphatic carbocycles. The number of rotatable bonds is 6. The van der Waals surface area contributed by atoms with E-state index < -0.39 is 0 Å². The summed E-state index contributed by atoms with van der Waals surface area (Å²) in [4.78, 5) is 10.9. The molecule has 2 rings (SSSR count). The van der Waals surface area contributed by atoms with E-state index in [1.165, 1.54) is 6.42 Å². The van der Waals surface area contributed by atoms with E-state index >= 15 is 0 Å². The molecule has 1 N–H and O–H groups in total. The number of anilines is 1. The Morgan fingerprint density at radius 1 is 1.47 bits per heavy atom. The summed E-state index contributed by atoms with van der Waals surface area (Å²) in [6.45, 7) is 4.56. The van der Waals surface area contributed by atoms with Crippen molar-refractivity contribution < 1.29 is 9.66 Å². The van der Waals surface area contributed by atoms with E-state index in [-0.39, 0.29) is 16.1 Å². The zero-order valence-electron chi connectivity index (χ0n) is 11.4. The van der Waals surface area contributed by atoms with Crippen LogP contribution in [0.4, 0.5) is 11.4 Å². The number of nitrogens with zero attached hydrogens (tertiary/aromatic N) is 1. The Hall–Kier alpha value is -1.78. The van der Waals surface area contributed by atoms with E-state index in [0.29, 0.717) is 18.0 Å². The largest absolute Gasteiger partial charge is 0.487 e. The Balaban J connectivity index is 2.28. The monoisotopic (exact) mass is 264 g/mol. The molecule has 0 heterocycles. The minimum absolute atomic E-state index is 0.0197. The molecule has 0 atom stereocenters. The topological polar surface area (TPSA) is 64.4 Å². The Bertz CT molecular complexity index is 470. The summed E-state index contributed by atoms with van der Waals surface area (Å²) in [5.41, 5.74) is 0.582. The predicted molar refractivity (Wildman–Crippen MR) is 74.8 cm³/mol. The maximum atomic E-state index is 11.3. The van der Waals surface area contributed by atoms with Crippen LogP contribution in [0.3, 0.4) is 0 Å². The van der Waals surface area contributed by atoms with Crippen molar-refractivity contribution in [1.29, 1.82) is 0 Å². The molecular weight excluding hydrogens is 244 g/mol. The van der Waals surface area contributed by atoms with Crippen LogP contribution in [0.2, 0.25) is 0 Å². The Labute approximate surface area is 113 Å². The molecule has 0 radical (unpaired) electrons. The molecule has 104 valence electrons. The van der Waals surface area contributed by atoms with Crippen molar-refractivity contribution in [2.24, 2.45) is 0 Å². The highest BCUT2D eigenvalue weighted by atomic mass is 16.6. The van der Waals surface area contributed by atoms with Crippen LogP contribution in [0.25, 0.3) is 0 Å². The van der Waals surface area contributed by atoms with Crippen LogP contribution in [0.15, 0.2) is 18.2 Å². The summed E-state index contributed by atoms with van der Waals surface area (Å²) >= 11 is 0. The van der Waals surface area contributed by atoms with Gasteiger partial charge in [-0.25, -0.2) is 0 Å². The van der Waals surface area contributed by atoms with Gasteiger partial charge in [-0.3, -0.25) is 10.1 Å². The molecule has 0 aliphatic heterocycles. The molecule has 0 bridgehead atoms. The summed E-state index contributed by atoms with van der Waals surface area (Å²) in [6.07, 6.45) is 4.09. The van der Waals surface area contributed by atoms with Gasteiger partial charge in [0.25, 0.3) is 0 Å². The first-order valence-corrected chi connectivity index (χ1v) is 6.74. The lowest BCUT2D eigenvalue weighted by Gasteiger charge is -2.39. The van der Waals surface area contributed by atoms with Crippen molar-refractivity contribution in [3.8, 4) is 5.75 Å². The zero-order valence-corrected chi connectivity index (χ0v) is 11.4. The first kappa shape index (κ1) is 13.6. The van der Waals surface area contributed by atoms with E-state index in [4.69, 9.17) is 4.74 Å². The molecule has 1 aliphatic rings. The van der Waals surface area contributed by atoms with E-state index in [9.17, 15) is 10.1 Å². The maximum Gasteiger partial charge on any atom is 0.333 e. The van der Waals surface area contributed by atoms with Gasteiger partial charge in [0.2, 0.25) is 0 Å². The third kappa shape index (κ3) is 2.97. The van der Waals surface area contributed by atoms with Crippen LogP contribution in [0, 0.1) is 10.1 Å². The van der Waals surface area contributed by atoms with Crippen molar-refractivity contribution in [3.05, 3.63) is 28.3 Å². The van der Waals surface area contributed by atoms with Crippen molar-refractivity contribution in [3.63, 3.8) is 0 Å². The lowest BCUT2D eigenvalue weighted by molar-refractivity contribution is -0.385. The third-order valence-corrected chi connectivity index (χ3v) is 3.54. The number of hydrogen-bond acceptors (Lipinski definition) is 4. The van der Waals surface area contributed by atoms with Gasteiger partial charge >= 0.3 is 5.69 Å². The van der Waals surface area contributed by atoms with Gasteiger partial charge in [0, 0.05) is 5.54 Å². The molecule has 1 aromatic rings. The number of nitro benzene ring substituents is 1. The van der Waals surface area contributed by atoms with Crippen LogP contribution < -0.4 is 10.1 Å². The Kier molecular flexibility index (Phi) is 3.93. The van der Waals surface area contributed by atoms with Crippen molar-refractivity contribution >= 4 is 11.4 Å². The van der Waals surface area contributed by atoms with E-state index in [1.807, 2.05) is 6.92 Å². The minimum atomic E-state index is -0.366. The van der Waals surface area contributed by atoms with Crippen molar-refractivity contribution in [2.45, 2.75) is 45.1 Å². The van der Waals surface area contributed by atoms with Gasteiger partial charge in [-0.2, -0.15) is 0 Å². The predicted octanol–water partition coefficient (Wildman–Crippen LogP) is 3.74. The molecule has 0 unspecified atom stereocenters. The molecule has 0 amide bonds. The van der Waals surface area contributed by atoms with Crippen LogP contribution in [0.1, 0.15) is 39.5 Å². The van der Waals surface area contributed by atoms with Crippen molar-refractivity contribution in [2.75, 3.05) is 11.9 Å². The van der Waals surface area contributed by atoms with E-state index in [0.717, 1.165) is 19.3 Å². The summed E-state index contributed by atoms with van der Waals surface area (Å²) < 4.78 is 5.47. The lowest BCUT2D eigenvalue weighted by atomic mass is 9.78. The lowest BCUT2D eigenvalue weighted by Crippen LogP contribution is -2.41. The number of ether oxygens (including phenoxy) is 1. The average molecular weight is 264 g/mol. The Morgan fingerprint density at radius 3 is 2.74 bits per heavy atom. The van der Waals surface area contributed by atoms with Gasteiger partial charge in [-0.15, -0.1) is 0 Å². The molecule has 1 saturated carbocycles. The van der Waals surface area contributed by atoms with Crippen LogP contribution in [-0.2, 0) is 0 Å². The second kappa shape index (κ2) is 5.47. The minimum Gasteiger partial charge on any atom is -0.487 e. The maximum absolute atomic E-state index is 11.3. The number of para-hydroxylation sites is 1. The molecule has 5 nitrogen and oxygen atoms in total. The average Bonchev–Trinajstić information content (AvgIpc) is 2.34. The highest BCUT2D eigenvalue weighted by molar-refractivity contribution is 5.69. The highest BCUT2D eigenvalue weighted by Gasteiger charge is 2.34. The summed E-state index contributed by atoms with van der Waals surface area (Å²) in [5, 5.41) is 14.6. The molecule has 5 heteroatoms. The SMILES string of the molecule is CCCOc1cccc(NC2(C)CCC2)c1[N+](=O)[O-]. The molecule has 19 heavy (non-hydrogen) atoms. The fraction of sp³-hybridized carbons (Fsp3) is 0.571. The van der Waals surface area contributed by atoms with E-state index in [2.05, 4.69) is 12.2 Å². The molecule has 0 saturated heterocycles. The number of nitro groups is 1. The smallest absolute Gasteiger partial charge is 0.333 e. The van der Waals surface area contributed by atoms with Gasteiger partial charge in [-0.05, 0) is 44.7 Å². The highest BCUT2D eigenvalue weighted by Crippen LogP contribution is 2.40. The van der Waals surface area contributed by atoms with Crippen molar-refractivity contribution in [1.82, 2.24) is 0 Å². The van der Waals surface area contributed by atoms with Crippen LogP contribution in [-0.4, -0.2) is 17.1 Å². The summed E-state index contributed by atoms with van der Waals surface area (Å²) in [5.74, 6) is 0.347. The summed E-state index contributed by atoms with van der Waals surface area (Å²) in [6, 6.07) is 5.20. The molecule has 1 aromatic carbocycles. The number of hydrogen-bond donors (Lipinski definition) is 1. The van der Waals surface area contributed by atoms with Gasteiger partial charge < -0.3 is 10.1 Å². The number of benzene rings is 1. The fourth-order valence-corrected chi connectivity index (χ4v) is 2.30. The summed E-state index contributed by atoms with van der Waals surface area (Å²) in [7, 11) is 0. The molecular formula is C14H20N2O3. The first-order chi connectivity index (χ1) is 9.06.